The molecule has 2 aliphatic carbocycles. The average molecular weight is 320 g/mol. The lowest BCUT2D eigenvalue weighted by atomic mass is 9.67. The highest BCUT2D eigenvalue weighted by atomic mass is 19.2. The summed E-state index contributed by atoms with van der Waals surface area (Å²) in [4.78, 5) is 0. The van der Waals surface area contributed by atoms with Crippen molar-refractivity contribution in [3.8, 4) is 0 Å². The van der Waals surface area contributed by atoms with E-state index in [-0.39, 0.29) is 0 Å². The third kappa shape index (κ3) is 3.95. The van der Waals surface area contributed by atoms with Gasteiger partial charge in [0.2, 0.25) is 0 Å². The highest BCUT2D eigenvalue weighted by molar-refractivity contribution is 5.22. The molecule has 1 aromatic rings. The number of rotatable bonds is 3. The second-order valence-corrected chi connectivity index (χ2v) is 8.16. The number of halogens is 2. The summed E-state index contributed by atoms with van der Waals surface area (Å²) in [7, 11) is 0. The molecular weight excluding hydrogens is 290 g/mol. The number of hydrogen-bond donors (Lipinski definition) is 0. The molecule has 0 spiro atoms. The predicted molar refractivity (Wildman–Crippen MR) is 91.3 cm³/mol. The lowest BCUT2D eigenvalue weighted by Crippen LogP contribution is -2.26. The Bertz CT molecular complexity index is 509. The van der Waals surface area contributed by atoms with E-state index in [0.29, 0.717) is 11.8 Å². The fourth-order valence-corrected chi connectivity index (χ4v) is 4.94. The zero-order valence-corrected chi connectivity index (χ0v) is 14.5. The molecular formula is C21H30F2. The topological polar surface area (TPSA) is 0 Å². The fourth-order valence-electron chi connectivity index (χ4n) is 4.94. The van der Waals surface area contributed by atoms with E-state index in [0.717, 1.165) is 23.3 Å². The lowest BCUT2D eigenvalue weighted by Gasteiger charge is -2.39. The van der Waals surface area contributed by atoms with Gasteiger partial charge in [-0.1, -0.05) is 32.8 Å². The third-order valence-corrected chi connectivity index (χ3v) is 6.72. The van der Waals surface area contributed by atoms with Crippen molar-refractivity contribution in [2.75, 3.05) is 0 Å². The summed E-state index contributed by atoms with van der Waals surface area (Å²) < 4.78 is 26.6. The van der Waals surface area contributed by atoms with Crippen molar-refractivity contribution >= 4 is 0 Å². The van der Waals surface area contributed by atoms with Gasteiger partial charge in [-0.15, -0.1) is 0 Å². The summed E-state index contributed by atoms with van der Waals surface area (Å²) >= 11 is 0. The van der Waals surface area contributed by atoms with Gasteiger partial charge in [0.15, 0.2) is 11.6 Å². The molecule has 23 heavy (non-hydrogen) atoms. The van der Waals surface area contributed by atoms with E-state index in [1.807, 2.05) is 0 Å². The largest absolute Gasteiger partial charge is 0.204 e. The zero-order valence-electron chi connectivity index (χ0n) is 14.5. The highest BCUT2D eigenvalue weighted by Gasteiger charge is 2.32. The fraction of sp³-hybridized carbons (Fsp3) is 0.714. The summed E-state index contributed by atoms with van der Waals surface area (Å²) in [5.74, 6) is 2.30. The summed E-state index contributed by atoms with van der Waals surface area (Å²) in [5.41, 5.74) is 0.957. The molecule has 0 aliphatic heterocycles. The Morgan fingerprint density at radius 1 is 0.826 bits per heavy atom. The Morgan fingerprint density at radius 3 is 1.96 bits per heavy atom. The van der Waals surface area contributed by atoms with Crippen LogP contribution in [0.5, 0.6) is 0 Å². The Hall–Kier alpha value is -0.920. The molecule has 0 aromatic heterocycles. The van der Waals surface area contributed by atoms with Gasteiger partial charge in [-0.2, -0.15) is 0 Å². The minimum Gasteiger partial charge on any atom is -0.204 e. The van der Waals surface area contributed by atoms with Crippen LogP contribution in [0, 0.1) is 35.3 Å². The summed E-state index contributed by atoms with van der Waals surface area (Å²) in [6.07, 6.45) is 10.8. The standard InChI is InChI=1S/C21H30F2/c1-14-3-5-17(6-4-14)18-9-7-16(8-10-18)15(2)19-11-12-20(22)21(23)13-19/h11-18H,3-10H2,1-2H3. The van der Waals surface area contributed by atoms with E-state index in [1.54, 1.807) is 6.07 Å². The summed E-state index contributed by atoms with van der Waals surface area (Å²) in [6.45, 7) is 4.57. The van der Waals surface area contributed by atoms with Crippen LogP contribution >= 0.6 is 0 Å². The van der Waals surface area contributed by atoms with Crippen LogP contribution in [0.2, 0.25) is 0 Å². The molecule has 128 valence electrons. The Kier molecular flexibility index (Phi) is 5.38. The molecule has 2 aliphatic rings. The van der Waals surface area contributed by atoms with Crippen molar-refractivity contribution < 1.29 is 8.78 Å². The van der Waals surface area contributed by atoms with Crippen LogP contribution in [0.1, 0.15) is 76.7 Å². The van der Waals surface area contributed by atoms with Gasteiger partial charge < -0.3 is 0 Å². The molecule has 1 atom stereocenters. The maximum absolute atomic E-state index is 13.5. The van der Waals surface area contributed by atoms with Crippen molar-refractivity contribution in [2.24, 2.45) is 23.7 Å². The van der Waals surface area contributed by atoms with E-state index >= 15 is 0 Å². The molecule has 0 radical (unpaired) electrons. The van der Waals surface area contributed by atoms with Gasteiger partial charge in [-0.25, -0.2) is 8.78 Å². The number of hydrogen-bond acceptors (Lipinski definition) is 0. The molecule has 2 fully saturated rings. The van der Waals surface area contributed by atoms with Crippen LogP contribution in [0.3, 0.4) is 0 Å². The zero-order chi connectivity index (χ0) is 16.4. The van der Waals surface area contributed by atoms with Crippen LogP contribution in [-0.4, -0.2) is 0 Å². The second kappa shape index (κ2) is 7.32. The maximum atomic E-state index is 13.5. The van der Waals surface area contributed by atoms with E-state index < -0.39 is 11.6 Å². The molecule has 0 N–H and O–H groups in total. The number of benzene rings is 1. The SMILES string of the molecule is CC1CCC(C2CCC(C(C)c3ccc(F)c(F)c3)CC2)CC1. The monoisotopic (exact) mass is 320 g/mol. The third-order valence-electron chi connectivity index (χ3n) is 6.72. The van der Waals surface area contributed by atoms with E-state index in [2.05, 4.69) is 13.8 Å². The van der Waals surface area contributed by atoms with E-state index in [9.17, 15) is 8.78 Å². The normalized spacial score (nSPS) is 33.4. The maximum Gasteiger partial charge on any atom is 0.159 e. The molecule has 3 rings (SSSR count). The minimum absolute atomic E-state index is 0.331. The molecule has 2 heteroatoms. The summed E-state index contributed by atoms with van der Waals surface area (Å²) in [5, 5.41) is 0. The van der Waals surface area contributed by atoms with Crippen LogP contribution in [0.25, 0.3) is 0 Å². The quantitative estimate of drug-likeness (QED) is 0.581. The second-order valence-electron chi connectivity index (χ2n) is 8.16. The van der Waals surface area contributed by atoms with E-state index in [4.69, 9.17) is 0 Å². The van der Waals surface area contributed by atoms with Gasteiger partial charge in [0.05, 0.1) is 0 Å². The van der Waals surface area contributed by atoms with Crippen molar-refractivity contribution in [1.82, 2.24) is 0 Å². The van der Waals surface area contributed by atoms with Gasteiger partial charge in [0.1, 0.15) is 0 Å². The lowest BCUT2D eigenvalue weighted by molar-refractivity contribution is 0.143. The van der Waals surface area contributed by atoms with Crippen molar-refractivity contribution in [2.45, 2.75) is 71.1 Å². The Balaban J connectivity index is 1.54. The Morgan fingerprint density at radius 2 is 1.39 bits per heavy atom. The molecule has 0 amide bonds. The predicted octanol–water partition coefficient (Wildman–Crippen LogP) is 6.70. The molecule has 0 nitrogen and oxygen atoms in total. The first-order chi connectivity index (χ1) is 11.0. The Labute approximate surface area is 139 Å². The minimum atomic E-state index is -0.740. The average Bonchev–Trinajstić information content (AvgIpc) is 2.57. The molecule has 0 bridgehead atoms. The molecule has 1 aromatic carbocycles. The first-order valence-corrected chi connectivity index (χ1v) is 9.49. The molecule has 2 saturated carbocycles. The van der Waals surface area contributed by atoms with Crippen molar-refractivity contribution in [1.29, 1.82) is 0 Å². The van der Waals surface area contributed by atoms with Gasteiger partial charge in [0.25, 0.3) is 0 Å². The van der Waals surface area contributed by atoms with Crippen LogP contribution in [-0.2, 0) is 0 Å². The van der Waals surface area contributed by atoms with Gasteiger partial charge in [-0.3, -0.25) is 0 Å². The molecule has 1 unspecified atom stereocenters. The van der Waals surface area contributed by atoms with Crippen molar-refractivity contribution in [3.63, 3.8) is 0 Å². The summed E-state index contributed by atoms with van der Waals surface area (Å²) in [6, 6.07) is 4.43. The van der Waals surface area contributed by atoms with Crippen LogP contribution in [0.15, 0.2) is 18.2 Å². The molecule has 0 heterocycles. The first-order valence-electron chi connectivity index (χ1n) is 9.49. The first kappa shape index (κ1) is 16.9. The van der Waals surface area contributed by atoms with Gasteiger partial charge >= 0.3 is 0 Å². The smallest absolute Gasteiger partial charge is 0.159 e. The van der Waals surface area contributed by atoms with E-state index in [1.165, 1.54) is 63.5 Å². The molecule has 0 saturated heterocycles. The van der Waals surface area contributed by atoms with Gasteiger partial charge in [-0.05, 0) is 85.8 Å². The van der Waals surface area contributed by atoms with Gasteiger partial charge in [0, 0.05) is 0 Å². The van der Waals surface area contributed by atoms with Crippen LogP contribution < -0.4 is 0 Å². The van der Waals surface area contributed by atoms with Crippen molar-refractivity contribution in [3.05, 3.63) is 35.4 Å². The van der Waals surface area contributed by atoms with Crippen LogP contribution in [0.4, 0.5) is 8.78 Å². The highest BCUT2D eigenvalue weighted by Crippen LogP contribution is 2.44.